The molecule has 1 aromatic heterocycles. The van der Waals surface area contributed by atoms with Gasteiger partial charge in [-0.05, 0) is 59.2 Å². The minimum Gasteiger partial charge on any atom is -0.444 e. The number of ether oxygens (including phenoxy) is 1. The molecule has 1 aromatic rings. The molecule has 1 saturated heterocycles. The first-order chi connectivity index (χ1) is 10.4. The van der Waals surface area contributed by atoms with Gasteiger partial charge in [0.25, 0.3) is 0 Å². The van der Waals surface area contributed by atoms with Crippen LogP contribution in [-0.2, 0) is 4.74 Å². The Morgan fingerprint density at radius 1 is 1.50 bits per heavy atom. The number of pyridine rings is 1. The van der Waals surface area contributed by atoms with Gasteiger partial charge in [-0.2, -0.15) is 0 Å². The quantitative estimate of drug-likeness (QED) is 0.928. The van der Waals surface area contributed by atoms with Crippen LogP contribution in [-0.4, -0.2) is 40.7 Å². The van der Waals surface area contributed by atoms with E-state index in [1.54, 1.807) is 0 Å². The zero-order chi connectivity index (χ0) is 16.2. The molecule has 2 heterocycles. The van der Waals surface area contributed by atoms with Gasteiger partial charge in [0, 0.05) is 24.8 Å². The molecule has 2 atom stereocenters. The van der Waals surface area contributed by atoms with Crippen LogP contribution < -0.4 is 5.32 Å². The maximum atomic E-state index is 11.8. The Labute approximate surface area is 133 Å². The van der Waals surface area contributed by atoms with E-state index in [4.69, 9.17) is 4.74 Å². The zero-order valence-corrected chi connectivity index (χ0v) is 14.0. The van der Waals surface area contributed by atoms with E-state index >= 15 is 0 Å². The summed E-state index contributed by atoms with van der Waals surface area (Å²) < 4.78 is 5.30. The number of hydrogen-bond donors (Lipinski definition) is 1. The molecule has 1 amide bonds. The molecule has 0 aliphatic carbocycles. The monoisotopic (exact) mass is 305 g/mol. The Morgan fingerprint density at radius 3 is 2.91 bits per heavy atom. The summed E-state index contributed by atoms with van der Waals surface area (Å²) in [5.41, 5.74) is 0.618. The summed E-state index contributed by atoms with van der Waals surface area (Å²) in [6.07, 6.45) is 3.73. The predicted molar refractivity (Wildman–Crippen MR) is 86.6 cm³/mol. The highest BCUT2D eigenvalue weighted by atomic mass is 16.6. The van der Waals surface area contributed by atoms with E-state index in [0.717, 1.165) is 25.1 Å². The number of nitrogens with zero attached hydrogens (tertiary/aromatic N) is 2. The van der Waals surface area contributed by atoms with Crippen LogP contribution in [0.25, 0.3) is 0 Å². The van der Waals surface area contributed by atoms with E-state index in [1.165, 1.54) is 0 Å². The molecule has 0 radical (unpaired) electrons. The lowest BCUT2D eigenvalue weighted by Crippen LogP contribution is -2.43. The van der Waals surface area contributed by atoms with E-state index in [9.17, 15) is 4.79 Å². The number of carbonyl (C=O) groups is 1. The van der Waals surface area contributed by atoms with E-state index < -0.39 is 5.60 Å². The van der Waals surface area contributed by atoms with Gasteiger partial charge >= 0.3 is 6.09 Å². The predicted octanol–water partition coefficient (Wildman–Crippen LogP) is 3.13. The van der Waals surface area contributed by atoms with E-state index in [2.05, 4.69) is 28.2 Å². The Balaban J connectivity index is 1.90. The highest BCUT2D eigenvalue weighted by molar-refractivity contribution is 5.67. The molecule has 122 valence electrons. The second-order valence-corrected chi connectivity index (χ2v) is 6.85. The zero-order valence-electron chi connectivity index (χ0n) is 14.0. The summed E-state index contributed by atoms with van der Waals surface area (Å²) in [5, 5.41) is 2.89. The van der Waals surface area contributed by atoms with Crippen molar-refractivity contribution < 1.29 is 9.53 Å². The Hall–Kier alpha value is -1.62. The van der Waals surface area contributed by atoms with Crippen molar-refractivity contribution >= 4 is 6.09 Å². The molecule has 2 unspecified atom stereocenters. The third kappa shape index (κ3) is 4.70. The average Bonchev–Trinajstić information content (AvgIpc) is 2.92. The van der Waals surface area contributed by atoms with E-state index in [-0.39, 0.29) is 12.1 Å². The molecule has 5 nitrogen and oxygen atoms in total. The topological polar surface area (TPSA) is 54.5 Å². The van der Waals surface area contributed by atoms with Crippen molar-refractivity contribution in [3.8, 4) is 0 Å². The number of alkyl carbamates (subject to hydrolysis) is 1. The van der Waals surface area contributed by atoms with Crippen LogP contribution in [0.3, 0.4) is 0 Å². The number of aromatic nitrogens is 1. The summed E-state index contributed by atoms with van der Waals surface area (Å²) in [4.78, 5) is 18.7. The number of rotatable bonds is 4. The van der Waals surface area contributed by atoms with Crippen molar-refractivity contribution in [2.24, 2.45) is 0 Å². The SMILES string of the molecule is CC(c1ccccn1)N1CCCC1CNC(=O)OC(C)(C)C. The molecule has 1 fully saturated rings. The molecule has 1 aliphatic heterocycles. The van der Waals surface area contributed by atoms with Gasteiger partial charge in [-0.1, -0.05) is 6.07 Å². The van der Waals surface area contributed by atoms with Crippen LogP contribution >= 0.6 is 0 Å². The maximum Gasteiger partial charge on any atom is 0.407 e. The van der Waals surface area contributed by atoms with E-state index in [1.807, 2.05) is 39.1 Å². The highest BCUT2D eigenvalue weighted by Crippen LogP contribution is 2.27. The minimum absolute atomic E-state index is 0.258. The summed E-state index contributed by atoms with van der Waals surface area (Å²) in [6, 6.07) is 6.60. The fourth-order valence-corrected chi connectivity index (χ4v) is 2.90. The van der Waals surface area contributed by atoms with Crippen molar-refractivity contribution in [2.45, 2.75) is 58.2 Å². The van der Waals surface area contributed by atoms with Gasteiger partial charge in [-0.25, -0.2) is 4.79 Å². The van der Waals surface area contributed by atoms with Crippen LogP contribution in [0.2, 0.25) is 0 Å². The number of nitrogens with one attached hydrogen (secondary N) is 1. The second-order valence-electron chi connectivity index (χ2n) is 6.85. The molecule has 5 heteroatoms. The van der Waals surface area contributed by atoms with Crippen molar-refractivity contribution in [3.63, 3.8) is 0 Å². The van der Waals surface area contributed by atoms with Crippen LogP contribution in [0.15, 0.2) is 24.4 Å². The molecule has 1 aliphatic rings. The fourth-order valence-electron chi connectivity index (χ4n) is 2.90. The van der Waals surface area contributed by atoms with Crippen LogP contribution in [0.1, 0.15) is 52.3 Å². The van der Waals surface area contributed by atoms with Gasteiger partial charge < -0.3 is 10.1 Å². The van der Waals surface area contributed by atoms with Gasteiger partial charge in [0.05, 0.1) is 5.69 Å². The van der Waals surface area contributed by atoms with Gasteiger partial charge in [-0.15, -0.1) is 0 Å². The molecule has 0 saturated carbocycles. The average molecular weight is 305 g/mol. The Morgan fingerprint density at radius 2 is 2.27 bits per heavy atom. The van der Waals surface area contributed by atoms with Crippen molar-refractivity contribution in [3.05, 3.63) is 30.1 Å². The highest BCUT2D eigenvalue weighted by Gasteiger charge is 2.30. The third-order valence-electron chi connectivity index (χ3n) is 3.92. The Kier molecular flexibility index (Phi) is 5.40. The molecule has 0 spiro atoms. The molecule has 22 heavy (non-hydrogen) atoms. The molecule has 0 bridgehead atoms. The number of carbonyl (C=O) groups excluding carboxylic acids is 1. The molecule has 1 N–H and O–H groups in total. The van der Waals surface area contributed by atoms with Gasteiger partial charge in [-0.3, -0.25) is 9.88 Å². The van der Waals surface area contributed by atoms with Gasteiger partial charge in [0.15, 0.2) is 0 Å². The van der Waals surface area contributed by atoms with Crippen LogP contribution in [0.5, 0.6) is 0 Å². The second kappa shape index (κ2) is 7.09. The van der Waals surface area contributed by atoms with Crippen LogP contribution in [0, 0.1) is 0 Å². The fraction of sp³-hybridized carbons (Fsp3) is 0.647. The largest absolute Gasteiger partial charge is 0.444 e. The van der Waals surface area contributed by atoms with Crippen molar-refractivity contribution in [1.29, 1.82) is 0 Å². The number of amides is 1. The van der Waals surface area contributed by atoms with E-state index in [0.29, 0.717) is 12.6 Å². The standard InChI is InChI=1S/C17H27N3O2/c1-13(15-9-5-6-10-18-15)20-11-7-8-14(20)12-19-16(21)22-17(2,3)4/h5-6,9-10,13-14H,7-8,11-12H2,1-4H3,(H,19,21). The first kappa shape index (κ1) is 16.7. The number of hydrogen-bond acceptors (Lipinski definition) is 4. The first-order valence-corrected chi connectivity index (χ1v) is 8.00. The summed E-state index contributed by atoms with van der Waals surface area (Å²) in [6.45, 7) is 9.45. The number of likely N-dealkylation sites (tertiary alicyclic amines) is 1. The van der Waals surface area contributed by atoms with Gasteiger partial charge in [0.1, 0.15) is 5.60 Å². The van der Waals surface area contributed by atoms with Crippen molar-refractivity contribution in [2.75, 3.05) is 13.1 Å². The molecule has 2 rings (SSSR count). The minimum atomic E-state index is -0.458. The summed E-state index contributed by atoms with van der Waals surface area (Å²) >= 11 is 0. The summed E-state index contributed by atoms with van der Waals surface area (Å²) in [5.74, 6) is 0. The lowest BCUT2D eigenvalue weighted by atomic mass is 10.1. The Bertz CT molecular complexity index is 484. The lowest BCUT2D eigenvalue weighted by Gasteiger charge is -2.30. The smallest absolute Gasteiger partial charge is 0.407 e. The van der Waals surface area contributed by atoms with Gasteiger partial charge in [0.2, 0.25) is 0 Å². The normalized spacial score (nSPS) is 20.6. The first-order valence-electron chi connectivity index (χ1n) is 8.00. The summed E-state index contributed by atoms with van der Waals surface area (Å²) in [7, 11) is 0. The molecular weight excluding hydrogens is 278 g/mol. The third-order valence-corrected chi connectivity index (χ3v) is 3.92. The lowest BCUT2D eigenvalue weighted by molar-refractivity contribution is 0.0507. The van der Waals surface area contributed by atoms with Crippen LogP contribution in [0.4, 0.5) is 4.79 Å². The molecule has 0 aromatic carbocycles. The molecular formula is C17H27N3O2. The van der Waals surface area contributed by atoms with Crippen molar-refractivity contribution in [1.82, 2.24) is 15.2 Å². The maximum absolute atomic E-state index is 11.8.